The molecule has 0 radical (unpaired) electrons. The lowest BCUT2D eigenvalue weighted by Gasteiger charge is -2.32. The van der Waals surface area contributed by atoms with Gasteiger partial charge in [0.15, 0.2) is 45.6 Å². The van der Waals surface area contributed by atoms with Crippen LogP contribution in [0.5, 0.6) is 0 Å². The Morgan fingerprint density at radius 3 is 1.21 bits per heavy atom. The van der Waals surface area contributed by atoms with Crippen LogP contribution < -0.4 is 5.79 Å². The van der Waals surface area contributed by atoms with Crippen LogP contribution in [-0.4, -0.2) is 118 Å². The molecular formula is C46H24BClF4N20O8. The second kappa shape index (κ2) is 19.0. The number of halogens is 5. The van der Waals surface area contributed by atoms with Gasteiger partial charge in [0, 0.05) is 24.3 Å². The van der Waals surface area contributed by atoms with Crippen LogP contribution in [0.4, 0.5) is 17.6 Å². The first-order chi connectivity index (χ1) is 38.6. The topological polar surface area (TPSA) is 355 Å². The molecule has 1 aliphatic rings. The average molecular weight is 1110 g/mol. The molecule has 0 atom stereocenters. The zero-order chi connectivity index (χ0) is 55.0. The van der Waals surface area contributed by atoms with Crippen molar-refractivity contribution in [2.75, 3.05) is 0 Å². The lowest BCUT2D eigenvalue weighted by Crippen LogP contribution is -2.41. The Labute approximate surface area is 443 Å². The molecule has 0 amide bonds. The molecule has 13 heterocycles. The molecule has 0 spiro atoms. The van der Waals surface area contributed by atoms with E-state index in [1.165, 1.54) is 43.6 Å². The maximum Gasteiger partial charge on any atom is 0.554 e. The summed E-state index contributed by atoms with van der Waals surface area (Å²) in [5.41, 5.74) is 2.60. The summed E-state index contributed by atoms with van der Waals surface area (Å²) in [6.45, 7) is 7.94. The van der Waals surface area contributed by atoms with E-state index >= 15 is 0 Å². The van der Waals surface area contributed by atoms with Crippen LogP contribution in [0.3, 0.4) is 0 Å². The molecule has 34 heteroatoms. The molecule has 0 unspecified atom stereocenters. The average Bonchev–Trinajstić information content (AvgIpc) is 4.40. The van der Waals surface area contributed by atoms with Gasteiger partial charge >= 0.3 is 7.12 Å². The predicted octanol–water partition coefficient (Wildman–Crippen LogP) is 7.28. The first kappa shape index (κ1) is 49.2. The first-order valence-corrected chi connectivity index (χ1v) is 23.3. The molecule has 28 nitrogen and oxygen atoms in total. The zero-order valence-corrected chi connectivity index (χ0v) is 41.4. The fourth-order valence-electron chi connectivity index (χ4n) is 7.38. The van der Waals surface area contributed by atoms with Crippen molar-refractivity contribution in [3.8, 4) is 58.6 Å². The fourth-order valence-corrected chi connectivity index (χ4v) is 7.54. The Morgan fingerprint density at radius 2 is 0.762 bits per heavy atom. The molecular weight excluding hydrogens is 1080 g/mol. The lowest BCUT2D eigenvalue weighted by atomic mass is 9.90. The van der Waals surface area contributed by atoms with E-state index in [0.717, 1.165) is 24.3 Å². The van der Waals surface area contributed by atoms with Crippen LogP contribution >= 0.6 is 11.6 Å². The Kier molecular flexibility index (Phi) is 11.7. The number of fused-ring (bicyclic) bond motifs is 6. The highest BCUT2D eigenvalue weighted by atomic mass is 35.5. The number of rotatable bonds is 6. The summed E-state index contributed by atoms with van der Waals surface area (Å²) in [6.07, 6.45) is 11.4. The van der Waals surface area contributed by atoms with Gasteiger partial charge in [0.25, 0.3) is 40.9 Å². The molecule has 0 saturated carbocycles. The highest BCUT2D eigenvalue weighted by Gasteiger charge is 2.54. The van der Waals surface area contributed by atoms with Gasteiger partial charge in [0.2, 0.25) is 40.2 Å². The molecule has 1 saturated heterocycles. The quantitative estimate of drug-likeness (QED) is 0.116. The molecule has 1 aliphatic heterocycles. The summed E-state index contributed by atoms with van der Waals surface area (Å²) in [7, 11) is -0.595. The SMILES string of the molecule is CC1(C)OB(c2nc3cnncc3o2)OC1(C)C.Fc1cc2nc(-c3nc(-c4nc5cnncc5o4)nc(-c4nc5cncnc5o4)n3)oc2cc1F.Fc1cc2nc(-c3nc(Cl)nc(-c4nc5cncnc5o4)n3)oc2cc1F. The number of hydrogen-bond acceptors (Lipinski definition) is 28. The molecule has 15 rings (SSSR count). The summed E-state index contributed by atoms with van der Waals surface area (Å²) in [4.78, 5) is 66.0. The third-order valence-corrected chi connectivity index (χ3v) is 12.1. The predicted molar refractivity (Wildman–Crippen MR) is 262 cm³/mol. The van der Waals surface area contributed by atoms with Crippen molar-refractivity contribution in [2.45, 2.75) is 38.9 Å². The van der Waals surface area contributed by atoms with E-state index in [4.69, 9.17) is 47.4 Å². The van der Waals surface area contributed by atoms with Crippen molar-refractivity contribution in [1.29, 1.82) is 0 Å². The highest BCUT2D eigenvalue weighted by Crippen LogP contribution is 2.37. The molecule has 80 heavy (non-hydrogen) atoms. The Morgan fingerprint density at radius 1 is 0.388 bits per heavy atom. The summed E-state index contributed by atoms with van der Waals surface area (Å²) in [6, 6.07) is 3.57. The van der Waals surface area contributed by atoms with Crippen LogP contribution in [0.15, 0.2) is 101 Å². The van der Waals surface area contributed by atoms with Gasteiger partial charge in [-0.3, -0.25) is 0 Å². The molecule has 0 bridgehead atoms. The van der Waals surface area contributed by atoms with Crippen LogP contribution in [0.1, 0.15) is 27.7 Å². The minimum atomic E-state index is -1.08. The Bertz CT molecular complexity index is 4410. The summed E-state index contributed by atoms with van der Waals surface area (Å²) in [5, 5.41) is 14.8. The fraction of sp³-hybridized carbons (Fsp3) is 0.130. The molecule has 12 aromatic heterocycles. The van der Waals surface area contributed by atoms with Gasteiger partial charge in [-0.2, -0.15) is 60.3 Å². The summed E-state index contributed by atoms with van der Waals surface area (Å²) in [5.74, 6) is -4.25. The van der Waals surface area contributed by atoms with Crippen molar-refractivity contribution in [3.63, 3.8) is 0 Å². The molecule has 2 aromatic carbocycles. The zero-order valence-electron chi connectivity index (χ0n) is 40.6. The molecule has 0 N–H and O–H groups in total. The molecule has 14 aromatic rings. The van der Waals surface area contributed by atoms with Crippen molar-refractivity contribution < 1.29 is 53.4 Å². The van der Waals surface area contributed by atoms with E-state index in [-0.39, 0.29) is 97.5 Å². The third kappa shape index (κ3) is 9.19. The van der Waals surface area contributed by atoms with Gasteiger partial charge in [-0.1, -0.05) is 0 Å². The van der Waals surface area contributed by atoms with Gasteiger partial charge in [-0.15, -0.1) is 0 Å². The Hall–Kier alpha value is -10.4. The van der Waals surface area contributed by atoms with Gasteiger partial charge < -0.3 is 35.8 Å². The highest BCUT2D eigenvalue weighted by molar-refractivity contribution is 6.60. The second-order valence-corrected chi connectivity index (χ2v) is 18.0. The smallest absolute Gasteiger partial charge is 0.442 e. The lowest BCUT2D eigenvalue weighted by molar-refractivity contribution is 0.00578. The minimum Gasteiger partial charge on any atom is -0.442 e. The van der Waals surface area contributed by atoms with E-state index in [2.05, 4.69) is 100 Å². The van der Waals surface area contributed by atoms with Gasteiger partial charge in [-0.05, 0) is 39.3 Å². The second-order valence-electron chi connectivity index (χ2n) is 17.7. The van der Waals surface area contributed by atoms with E-state index < -0.39 is 41.6 Å². The van der Waals surface area contributed by atoms with E-state index in [1.54, 1.807) is 6.20 Å². The maximum absolute atomic E-state index is 13.7. The summed E-state index contributed by atoms with van der Waals surface area (Å²) >= 11 is 5.95. The number of benzene rings is 2. The van der Waals surface area contributed by atoms with E-state index in [1.807, 2.05) is 27.7 Å². The van der Waals surface area contributed by atoms with Crippen LogP contribution in [0.25, 0.3) is 125 Å². The molecule has 0 aliphatic carbocycles. The van der Waals surface area contributed by atoms with Crippen LogP contribution in [0, 0.1) is 23.3 Å². The van der Waals surface area contributed by atoms with Crippen LogP contribution in [-0.2, 0) is 9.31 Å². The number of oxazole rings is 6. The maximum atomic E-state index is 13.7. The molecule has 1 fully saturated rings. The Balaban J connectivity index is 0.000000120. The normalized spacial score (nSPS) is 13.9. The molecule has 394 valence electrons. The van der Waals surface area contributed by atoms with E-state index in [9.17, 15) is 17.6 Å². The monoisotopic (exact) mass is 1110 g/mol. The standard InChI is InChI=1S/C20H6F2N10O3.C15H4ClF2N7O2.C11H14BN3O3/c21-7-1-9-12(2-8(7)22)33-18(27-9)14-30-15(19-28-10-4-25-26-5-13(10)34-19)32-16(31-14)20-29-11-3-23-6-24-17(11)35-20;16-15-24-10(13-21-7-1-5(17)6(18)2-9(7)26-13)23-11(25-15)14-22-8-3-19-4-20-12(8)27-14;1-10(2)11(3,4)18-12(17-10)9-15-7-5-13-14-6-8(7)16-9/h1-6H;1-4H;5-6H,1-4H3. The van der Waals surface area contributed by atoms with Crippen LogP contribution in [0.2, 0.25) is 5.28 Å². The number of hydrogen-bond donors (Lipinski definition) is 0. The van der Waals surface area contributed by atoms with Gasteiger partial charge in [0.05, 0.1) is 48.4 Å². The first-order valence-electron chi connectivity index (χ1n) is 22.9. The number of nitrogens with zero attached hydrogens (tertiary/aromatic N) is 20. The van der Waals surface area contributed by atoms with E-state index in [0.29, 0.717) is 39.0 Å². The largest absolute Gasteiger partial charge is 0.554 e. The minimum absolute atomic E-state index is 0.00133. The van der Waals surface area contributed by atoms with Crippen molar-refractivity contribution in [2.24, 2.45) is 0 Å². The van der Waals surface area contributed by atoms with Gasteiger partial charge in [0.1, 0.15) is 45.8 Å². The third-order valence-electron chi connectivity index (χ3n) is 11.9. The van der Waals surface area contributed by atoms with Crippen molar-refractivity contribution in [3.05, 3.63) is 103 Å². The summed E-state index contributed by atoms with van der Waals surface area (Å²) < 4.78 is 99.1. The number of aromatic nitrogens is 20. The van der Waals surface area contributed by atoms with Crippen molar-refractivity contribution >= 4 is 91.4 Å². The van der Waals surface area contributed by atoms with Crippen molar-refractivity contribution in [1.82, 2.24) is 100 Å². The van der Waals surface area contributed by atoms with Gasteiger partial charge in [-0.25, -0.2) is 57.4 Å².